The van der Waals surface area contributed by atoms with Crippen molar-refractivity contribution in [3.63, 3.8) is 0 Å². The number of esters is 1. The van der Waals surface area contributed by atoms with Crippen LogP contribution >= 0.6 is 11.8 Å². The summed E-state index contributed by atoms with van der Waals surface area (Å²) in [4.78, 5) is 32.9. The lowest BCUT2D eigenvalue weighted by molar-refractivity contribution is -0.136. The summed E-state index contributed by atoms with van der Waals surface area (Å²) >= 11 is 1.50. The van der Waals surface area contributed by atoms with Gasteiger partial charge in [-0.25, -0.2) is 9.79 Å². The number of carbonyl (C=O) groups excluding carboxylic acids is 2. The van der Waals surface area contributed by atoms with Crippen molar-refractivity contribution in [3.05, 3.63) is 52.2 Å². The number of nitrogens with one attached hydrogen (secondary N) is 1. The number of nitrogens with zero attached hydrogens (tertiary/aromatic N) is 2. The number of allylic oxidation sites excluding steroid dienone is 1. The number of fused-ring (bicyclic) bond motifs is 3. The molecule has 2 fully saturated rings. The maximum absolute atomic E-state index is 13.1. The minimum atomic E-state index is -0.443. The molecule has 0 unspecified atom stereocenters. The molecule has 180 valence electrons. The van der Waals surface area contributed by atoms with Crippen LogP contribution in [0, 0.1) is 11.8 Å². The summed E-state index contributed by atoms with van der Waals surface area (Å²) in [5.41, 5.74) is 2.94. The van der Waals surface area contributed by atoms with E-state index in [9.17, 15) is 9.59 Å². The predicted molar refractivity (Wildman–Crippen MR) is 132 cm³/mol. The van der Waals surface area contributed by atoms with Gasteiger partial charge in [-0.15, -0.1) is 0 Å². The molecule has 5 rings (SSSR count). The molecule has 2 aliphatic carbocycles. The van der Waals surface area contributed by atoms with Gasteiger partial charge in [0.15, 0.2) is 5.17 Å². The predicted octanol–water partition coefficient (Wildman–Crippen LogP) is 4.53. The number of carbonyl (C=O) groups is 2. The molecule has 0 radical (unpaired) electrons. The van der Waals surface area contributed by atoms with Gasteiger partial charge in [-0.2, -0.15) is 0 Å². The number of benzene rings is 1. The normalized spacial score (nSPS) is 27.3. The maximum Gasteiger partial charge on any atom is 0.338 e. The fourth-order valence-electron chi connectivity index (χ4n) is 5.88. The van der Waals surface area contributed by atoms with Crippen LogP contribution in [-0.2, 0) is 14.3 Å². The lowest BCUT2D eigenvalue weighted by Crippen LogP contribution is -2.41. The van der Waals surface area contributed by atoms with Crippen LogP contribution in [0.25, 0.3) is 0 Å². The minimum Gasteiger partial charge on any atom is -0.497 e. The fraction of sp³-hybridized carbons (Fsp3) is 0.500. The Labute approximate surface area is 204 Å². The first-order chi connectivity index (χ1) is 16.5. The summed E-state index contributed by atoms with van der Waals surface area (Å²) in [6.07, 6.45) is 5.72. The molecule has 8 heteroatoms. The zero-order valence-corrected chi connectivity index (χ0v) is 20.7. The Morgan fingerprint density at radius 3 is 2.76 bits per heavy atom. The van der Waals surface area contributed by atoms with Crippen molar-refractivity contribution in [2.75, 3.05) is 14.2 Å². The van der Waals surface area contributed by atoms with E-state index < -0.39 is 12.0 Å². The first-order valence-electron chi connectivity index (χ1n) is 12.0. The van der Waals surface area contributed by atoms with Crippen molar-refractivity contribution < 1.29 is 19.1 Å². The molecule has 1 aromatic rings. The first kappa shape index (κ1) is 23.0. The van der Waals surface area contributed by atoms with E-state index >= 15 is 0 Å². The Hall–Kier alpha value is -2.74. The molecule has 7 nitrogen and oxygen atoms in total. The number of hydrogen-bond acceptors (Lipinski definition) is 7. The second kappa shape index (κ2) is 9.49. The highest BCUT2D eigenvalue weighted by Crippen LogP contribution is 2.47. The number of ether oxygens (including phenoxy) is 2. The van der Waals surface area contributed by atoms with Gasteiger partial charge in [-0.3, -0.25) is 4.79 Å². The lowest BCUT2D eigenvalue weighted by atomic mass is 9.92. The fourth-order valence-corrected chi connectivity index (χ4v) is 6.82. The van der Waals surface area contributed by atoms with Gasteiger partial charge in [0.2, 0.25) is 5.91 Å². The van der Waals surface area contributed by atoms with Crippen molar-refractivity contribution in [1.82, 2.24) is 10.2 Å². The molecule has 4 aliphatic rings. The van der Waals surface area contributed by atoms with Crippen molar-refractivity contribution in [2.24, 2.45) is 16.8 Å². The lowest BCUT2D eigenvalue weighted by Gasteiger charge is -2.36. The van der Waals surface area contributed by atoms with Crippen molar-refractivity contribution in [1.29, 1.82) is 0 Å². The molecule has 0 spiro atoms. The molecule has 2 bridgehead atoms. The zero-order chi connectivity index (χ0) is 23.8. The highest BCUT2D eigenvalue weighted by atomic mass is 32.2. The summed E-state index contributed by atoms with van der Waals surface area (Å²) in [6.45, 7) is 1.98. The molecule has 4 atom stereocenters. The highest BCUT2D eigenvalue weighted by molar-refractivity contribution is 8.16. The van der Waals surface area contributed by atoms with Gasteiger partial charge >= 0.3 is 5.97 Å². The molecular weight excluding hydrogens is 450 g/mol. The van der Waals surface area contributed by atoms with E-state index in [1.165, 1.54) is 38.1 Å². The summed E-state index contributed by atoms with van der Waals surface area (Å²) in [5.74, 6) is 1.72. The monoisotopic (exact) mass is 481 g/mol. The van der Waals surface area contributed by atoms with Crippen molar-refractivity contribution in [3.8, 4) is 5.75 Å². The van der Waals surface area contributed by atoms with Crippen LogP contribution in [0.5, 0.6) is 5.75 Å². The van der Waals surface area contributed by atoms with Gasteiger partial charge in [-0.05, 0) is 60.6 Å². The van der Waals surface area contributed by atoms with E-state index in [-0.39, 0.29) is 12.3 Å². The Kier molecular flexibility index (Phi) is 6.42. The second-order valence-corrected chi connectivity index (χ2v) is 10.2. The number of rotatable bonds is 7. The van der Waals surface area contributed by atoms with E-state index in [1.54, 1.807) is 7.11 Å². The highest BCUT2D eigenvalue weighted by Gasteiger charge is 2.43. The molecule has 0 saturated heterocycles. The molecule has 1 aromatic carbocycles. The van der Waals surface area contributed by atoms with E-state index in [2.05, 4.69) is 5.32 Å². The SMILES string of the molecule is CCC1=C(C(=O)OC)[C@H](c2cccc(OC)c2)N2C(CC(=O)N[C@H]3C[C@H]4CC[C@H]3C4)=CSC2=N1. The van der Waals surface area contributed by atoms with E-state index in [1.807, 2.05) is 41.5 Å². The van der Waals surface area contributed by atoms with Crippen LogP contribution < -0.4 is 10.1 Å². The third kappa shape index (κ3) is 4.13. The topological polar surface area (TPSA) is 80.2 Å². The second-order valence-electron chi connectivity index (χ2n) is 9.40. The number of aliphatic imine (C=N–C) groups is 1. The molecule has 0 aromatic heterocycles. The maximum atomic E-state index is 13.1. The molecule has 1 amide bonds. The van der Waals surface area contributed by atoms with Crippen LogP contribution in [0.15, 0.2) is 51.6 Å². The Morgan fingerprint density at radius 1 is 1.24 bits per heavy atom. The zero-order valence-electron chi connectivity index (χ0n) is 19.9. The molecule has 2 heterocycles. The molecule has 34 heavy (non-hydrogen) atoms. The Balaban J connectivity index is 1.45. The number of methoxy groups -OCH3 is 2. The average Bonchev–Trinajstić information content (AvgIpc) is 3.58. The summed E-state index contributed by atoms with van der Waals surface area (Å²) in [7, 11) is 3.02. The summed E-state index contributed by atoms with van der Waals surface area (Å²) < 4.78 is 10.6. The van der Waals surface area contributed by atoms with Crippen LogP contribution in [0.1, 0.15) is 57.1 Å². The molecule has 2 saturated carbocycles. The summed E-state index contributed by atoms with van der Waals surface area (Å²) in [5, 5.41) is 6.06. The number of thioether (sulfide) groups is 1. The van der Waals surface area contributed by atoms with Crippen LogP contribution in [0.4, 0.5) is 0 Å². The number of amidine groups is 1. The number of amides is 1. The number of hydrogen-bond donors (Lipinski definition) is 1. The third-order valence-electron chi connectivity index (χ3n) is 7.46. The standard InChI is InChI=1S/C26H31N3O4S/c1-4-20-23(25(31)33-3)24(17-6-5-7-19(12-17)32-2)29-18(14-34-26(29)28-20)13-22(30)27-21-11-15-8-9-16(21)10-15/h5-7,12,14-16,21,24H,4,8-11,13H2,1-3H3,(H,27,30)/t15-,16-,21-,24-/m0/s1. The largest absolute Gasteiger partial charge is 0.497 e. The molecule has 1 N–H and O–H groups in total. The van der Waals surface area contributed by atoms with Gasteiger partial charge in [0, 0.05) is 11.7 Å². The van der Waals surface area contributed by atoms with E-state index in [0.29, 0.717) is 35.4 Å². The van der Waals surface area contributed by atoms with Crippen LogP contribution in [0.2, 0.25) is 0 Å². The average molecular weight is 482 g/mol. The van der Waals surface area contributed by atoms with Gasteiger partial charge < -0.3 is 19.7 Å². The van der Waals surface area contributed by atoms with Gasteiger partial charge in [-0.1, -0.05) is 37.2 Å². The van der Waals surface area contributed by atoms with Crippen LogP contribution in [0.3, 0.4) is 0 Å². The minimum absolute atomic E-state index is 0.0277. The van der Waals surface area contributed by atoms with Gasteiger partial charge in [0.25, 0.3) is 0 Å². The summed E-state index contributed by atoms with van der Waals surface area (Å²) in [6, 6.07) is 7.54. The van der Waals surface area contributed by atoms with Crippen molar-refractivity contribution in [2.45, 2.75) is 57.5 Å². The third-order valence-corrected chi connectivity index (χ3v) is 8.35. The van der Waals surface area contributed by atoms with Gasteiger partial charge in [0.05, 0.1) is 38.0 Å². The van der Waals surface area contributed by atoms with Crippen LogP contribution in [-0.4, -0.2) is 42.2 Å². The Morgan fingerprint density at radius 2 is 2.09 bits per heavy atom. The quantitative estimate of drug-likeness (QED) is 0.577. The molecule has 2 aliphatic heterocycles. The van der Waals surface area contributed by atoms with E-state index in [0.717, 1.165) is 28.8 Å². The van der Waals surface area contributed by atoms with Crippen molar-refractivity contribution >= 4 is 28.8 Å². The first-order valence-corrected chi connectivity index (χ1v) is 12.9. The smallest absolute Gasteiger partial charge is 0.338 e. The molecular formula is C26H31N3O4S. The van der Waals surface area contributed by atoms with Gasteiger partial charge in [0.1, 0.15) is 5.75 Å². The Bertz CT molecular complexity index is 1100. The van der Waals surface area contributed by atoms with E-state index in [4.69, 9.17) is 14.5 Å².